The Hall–Kier alpha value is -3.66. The molecule has 1 aromatic heterocycles. The first-order valence-corrected chi connectivity index (χ1v) is 9.03. The van der Waals surface area contributed by atoms with Crippen LogP contribution in [0, 0.1) is 0 Å². The third-order valence-corrected chi connectivity index (χ3v) is 4.37. The second kappa shape index (κ2) is 7.64. The van der Waals surface area contributed by atoms with Gasteiger partial charge in [0.25, 0.3) is 5.91 Å². The van der Waals surface area contributed by atoms with Crippen molar-refractivity contribution in [3.05, 3.63) is 54.2 Å². The van der Waals surface area contributed by atoms with Crippen LogP contribution in [0.15, 0.2) is 48.7 Å². The first-order chi connectivity index (χ1) is 14.4. The van der Waals surface area contributed by atoms with Crippen LogP contribution in [0.3, 0.4) is 0 Å². The molecule has 1 amide bonds. The highest BCUT2D eigenvalue weighted by atomic mass is 19.3. The monoisotopic (exact) mass is 416 g/mol. The first kappa shape index (κ1) is 19.6. The van der Waals surface area contributed by atoms with E-state index in [0.29, 0.717) is 30.2 Å². The average molecular weight is 416 g/mol. The molecule has 0 saturated carbocycles. The van der Waals surface area contributed by atoms with Crippen LogP contribution in [0.2, 0.25) is 0 Å². The fourth-order valence-corrected chi connectivity index (χ4v) is 3.03. The van der Waals surface area contributed by atoms with Gasteiger partial charge in [0.15, 0.2) is 11.5 Å². The molecule has 1 aliphatic heterocycles. The quantitative estimate of drug-likeness (QED) is 0.641. The molecule has 0 radical (unpaired) electrons. The van der Waals surface area contributed by atoms with E-state index in [0.717, 1.165) is 5.69 Å². The zero-order valence-corrected chi connectivity index (χ0v) is 15.9. The van der Waals surface area contributed by atoms with E-state index in [1.54, 1.807) is 36.1 Å². The summed E-state index contributed by atoms with van der Waals surface area (Å²) < 4.78 is 42.5. The highest BCUT2D eigenvalue weighted by Gasteiger charge is 2.43. The minimum Gasteiger partial charge on any atom is -0.492 e. The van der Waals surface area contributed by atoms with Gasteiger partial charge in [0.1, 0.15) is 12.4 Å². The van der Waals surface area contributed by atoms with Gasteiger partial charge in [-0.25, -0.2) is 0 Å². The van der Waals surface area contributed by atoms with Crippen molar-refractivity contribution in [1.82, 2.24) is 9.78 Å². The molecule has 4 rings (SSSR count). The molecule has 8 nitrogen and oxygen atoms in total. The lowest BCUT2D eigenvalue weighted by Crippen LogP contribution is -2.25. The van der Waals surface area contributed by atoms with Crippen LogP contribution >= 0.6 is 0 Å². The molecule has 0 aliphatic carbocycles. The zero-order valence-electron chi connectivity index (χ0n) is 15.9. The van der Waals surface area contributed by atoms with Crippen molar-refractivity contribution in [3.8, 4) is 28.5 Å². The molecule has 3 aromatic rings. The molecule has 2 heterocycles. The number of fused-ring (bicyclic) bond motifs is 1. The Kier molecular flexibility index (Phi) is 5.00. The summed E-state index contributed by atoms with van der Waals surface area (Å²) in [6, 6.07) is 10.8. The number of hydrogen-bond acceptors (Lipinski definition) is 6. The zero-order chi connectivity index (χ0) is 21.3. The molecule has 0 bridgehead atoms. The maximum Gasteiger partial charge on any atom is 0.586 e. The number of carbonyl (C=O) groups is 1. The number of rotatable bonds is 6. The topological polar surface area (TPSA) is 101 Å². The molecule has 0 atom stereocenters. The van der Waals surface area contributed by atoms with Gasteiger partial charge in [0.05, 0.1) is 5.69 Å². The van der Waals surface area contributed by atoms with E-state index >= 15 is 0 Å². The van der Waals surface area contributed by atoms with Gasteiger partial charge in [0, 0.05) is 36.6 Å². The number of nitrogens with zero attached hydrogens (tertiary/aromatic N) is 2. The summed E-state index contributed by atoms with van der Waals surface area (Å²) in [5.41, 5.74) is 7.65. The lowest BCUT2D eigenvalue weighted by molar-refractivity contribution is -0.286. The van der Waals surface area contributed by atoms with Gasteiger partial charge in [-0.1, -0.05) is 0 Å². The summed E-state index contributed by atoms with van der Waals surface area (Å²) in [6.45, 7) is 0.685. The largest absolute Gasteiger partial charge is 0.586 e. The molecule has 10 heteroatoms. The van der Waals surface area contributed by atoms with E-state index in [-0.39, 0.29) is 17.1 Å². The molecule has 0 fully saturated rings. The van der Waals surface area contributed by atoms with Gasteiger partial charge in [0.2, 0.25) is 0 Å². The number of aryl methyl sites for hydroxylation is 1. The Labute approximate surface area is 170 Å². The maximum atomic E-state index is 13.2. The average Bonchev–Trinajstić information content (AvgIpc) is 3.26. The van der Waals surface area contributed by atoms with E-state index in [9.17, 15) is 13.6 Å². The summed E-state index contributed by atoms with van der Waals surface area (Å²) in [6.07, 6.45) is -2.09. The van der Waals surface area contributed by atoms with Gasteiger partial charge in [-0.3, -0.25) is 9.48 Å². The lowest BCUT2D eigenvalue weighted by atomic mass is 10.1. The number of benzene rings is 2. The molecule has 0 unspecified atom stereocenters. The Morgan fingerprint density at radius 1 is 1.20 bits per heavy atom. The van der Waals surface area contributed by atoms with Crippen molar-refractivity contribution < 1.29 is 27.8 Å². The highest BCUT2D eigenvalue weighted by molar-refractivity contribution is 6.05. The summed E-state index contributed by atoms with van der Waals surface area (Å²) in [5.74, 6) is -0.235. The summed E-state index contributed by atoms with van der Waals surface area (Å²) in [4.78, 5) is 12.6. The van der Waals surface area contributed by atoms with Gasteiger partial charge >= 0.3 is 6.29 Å². The summed E-state index contributed by atoms with van der Waals surface area (Å²) in [7, 11) is 1.79. The van der Waals surface area contributed by atoms with Crippen molar-refractivity contribution >= 4 is 11.6 Å². The standard InChI is InChI=1S/C20H18F2N4O4/c1-26-15(6-8-24-26)14-11-13(3-5-16(14)28-9-7-23)25-19(27)12-2-4-17-18(10-12)30-20(21,22)29-17/h2-6,8,10-11H,7,9,23H2,1H3,(H,25,27). The Morgan fingerprint density at radius 3 is 2.73 bits per heavy atom. The van der Waals surface area contributed by atoms with Crippen molar-refractivity contribution in [2.75, 3.05) is 18.5 Å². The lowest BCUT2D eigenvalue weighted by Gasteiger charge is -2.14. The minimum atomic E-state index is -3.74. The fraction of sp³-hybridized carbons (Fsp3) is 0.200. The maximum absolute atomic E-state index is 13.2. The Morgan fingerprint density at radius 2 is 2.00 bits per heavy atom. The summed E-state index contributed by atoms with van der Waals surface area (Å²) >= 11 is 0. The number of alkyl halides is 2. The SMILES string of the molecule is Cn1nccc1-c1cc(NC(=O)c2ccc3c(c2)OC(F)(F)O3)ccc1OCCN. The molecule has 156 valence electrons. The van der Waals surface area contributed by atoms with Crippen LogP contribution in [0.5, 0.6) is 17.2 Å². The fourth-order valence-electron chi connectivity index (χ4n) is 3.03. The van der Waals surface area contributed by atoms with E-state index in [4.69, 9.17) is 10.5 Å². The summed E-state index contributed by atoms with van der Waals surface area (Å²) in [5, 5.41) is 6.90. The first-order valence-electron chi connectivity index (χ1n) is 9.03. The van der Waals surface area contributed by atoms with E-state index in [1.807, 2.05) is 6.07 Å². The molecule has 1 aliphatic rings. The van der Waals surface area contributed by atoms with Crippen LogP contribution < -0.4 is 25.3 Å². The van der Waals surface area contributed by atoms with Crippen molar-refractivity contribution in [1.29, 1.82) is 0 Å². The van der Waals surface area contributed by atoms with Crippen LogP contribution in [0.4, 0.5) is 14.5 Å². The Balaban J connectivity index is 1.59. The predicted molar refractivity (Wildman–Crippen MR) is 104 cm³/mol. The smallest absolute Gasteiger partial charge is 0.492 e. The number of carbonyl (C=O) groups excluding carboxylic acids is 1. The van der Waals surface area contributed by atoms with Crippen molar-refractivity contribution in [2.45, 2.75) is 6.29 Å². The third-order valence-electron chi connectivity index (χ3n) is 4.37. The van der Waals surface area contributed by atoms with Crippen molar-refractivity contribution in [3.63, 3.8) is 0 Å². The third kappa shape index (κ3) is 3.90. The van der Waals surface area contributed by atoms with Crippen molar-refractivity contribution in [2.24, 2.45) is 12.8 Å². The number of anilines is 1. The number of amides is 1. The molecule has 0 spiro atoms. The van der Waals surface area contributed by atoms with Crippen LogP contribution in [-0.2, 0) is 7.05 Å². The highest BCUT2D eigenvalue weighted by Crippen LogP contribution is 2.41. The molecular formula is C20H18F2N4O4. The van der Waals surface area contributed by atoms with Gasteiger partial charge in [-0.15, -0.1) is 8.78 Å². The van der Waals surface area contributed by atoms with Gasteiger partial charge in [-0.2, -0.15) is 5.10 Å². The molecule has 3 N–H and O–H groups in total. The number of nitrogens with two attached hydrogens (primary N) is 1. The molecule has 0 saturated heterocycles. The normalized spacial score (nSPS) is 13.9. The number of ether oxygens (including phenoxy) is 3. The second-order valence-corrected chi connectivity index (χ2v) is 6.47. The van der Waals surface area contributed by atoms with E-state index < -0.39 is 12.2 Å². The number of hydrogen-bond donors (Lipinski definition) is 2. The van der Waals surface area contributed by atoms with Gasteiger partial charge < -0.3 is 25.3 Å². The van der Waals surface area contributed by atoms with Crippen LogP contribution in [-0.4, -0.2) is 35.1 Å². The van der Waals surface area contributed by atoms with E-state index in [1.165, 1.54) is 18.2 Å². The van der Waals surface area contributed by atoms with Gasteiger partial charge in [-0.05, 0) is 42.5 Å². The van der Waals surface area contributed by atoms with Crippen LogP contribution in [0.25, 0.3) is 11.3 Å². The number of halogens is 2. The number of aromatic nitrogens is 2. The minimum absolute atomic E-state index is 0.128. The Bertz CT molecular complexity index is 1100. The molecule has 2 aromatic carbocycles. The van der Waals surface area contributed by atoms with Crippen LogP contribution in [0.1, 0.15) is 10.4 Å². The second-order valence-electron chi connectivity index (χ2n) is 6.47. The number of nitrogens with one attached hydrogen (secondary N) is 1. The van der Waals surface area contributed by atoms with E-state index in [2.05, 4.69) is 19.9 Å². The molecular weight excluding hydrogens is 398 g/mol. The predicted octanol–water partition coefficient (Wildman–Crippen LogP) is 3.00. The molecule has 30 heavy (non-hydrogen) atoms.